The minimum Gasteiger partial charge on any atom is -0.412 e. The van der Waals surface area contributed by atoms with Gasteiger partial charge in [-0.2, -0.15) is 0 Å². The van der Waals surface area contributed by atoms with Gasteiger partial charge in [-0.25, -0.2) is 0 Å². The number of hydrogen-bond donors (Lipinski definition) is 4. The largest absolute Gasteiger partial charge is 0.412 e. The van der Waals surface area contributed by atoms with Crippen LogP contribution in [0.1, 0.15) is 11.6 Å². The summed E-state index contributed by atoms with van der Waals surface area (Å²) in [6, 6.07) is 8.24. The van der Waals surface area contributed by atoms with Gasteiger partial charge in [0.2, 0.25) is 0 Å². The Labute approximate surface area is 135 Å². The lowest BCUT2D eigenvalue weighted by Gasteiger charge is -2.20. The molecular formula is C10H17BN2O2S4. The Morgan fingerprint density at radius 3 is 2.32 bits per heavy atom. The van der Waals surface area contributed by atoms with Crippen molar-refractivity contribution in [2.45, 2.75) is 6.04 Å². The Hall–Kier alpha value is -0.315. The SMILES string of the molecule is Bc1cccc(C(CNC(=S)S)NC(=S)S)c1.O.O. The number of thiol groups is 2. The zero-order valence-electron chi connectivity index (χ0n) is 10.3. The predicted molar refractivity (Wildman–Crippen MR) is 98.9 cm³/mol. The van der Waals surface area contributed by atoms with Crippen LogP contribution in [0.2, 0.25) is 0 Å². The van der Waals surface area contributed by atoms with Crippen LogP contribution in [-0.2, 0) is 0 Å². The maximum Gasteiger partial charge on any atom is 0.139 e. The smallest absolute Gasteiger partial charge is 0.139 e. The lowest BCUT2D eigenvalue weighted by atomic mass is 9.92. The third-order valence-electron chi connectivity index (χ3n) is 2.20. The van der Waals surface area contributed by atoms with Crippen molar-refractivity contribution in [3.05, 3.63) is 29.8 Å². The van der Waals surface area contributed by atoms with Gasteiger partial charge in [0.1, 0.15) is 16.5 Å². The van der Waals surface area contributed by atoms with E-state index in [0.29, 0.717) is 15.2 Å². The van der Waals surface area contributed by atoms with E-state index in [1.54, 1.807) is 0 Å². The Bertz CT molecular complexity index is 434. The second-order valence-electron chi connectivity index (χ2n) is 3.60. The zero-order valence-corrected chi connectivity index (χ0v) is 13.7. The average Bonchev–Trinajstić information content (AvgIpc) is 2.23. The molecule has 0 aliphatic heterocycles. The van der Waals surface area contributed by atoms with Crippen molar-refractivity contribution in [2.24, 2.45) is 0 Å². The van der Waals surface area contributed by atoms with Crippen LogP contribution < -0.4 is 16.1 Å². The van der Waals surface area contributed by atoms with Crippen molar-refractivity contribution in [2.75, 3.05) is 6.54 Å². The van der Waals surface area contributed by atoms with Crippen LogP contribution in [0.5, 0.6) is 0 Å². The molecule has 0 heterocycles. The van der Waals surface area contributed by atoms with Gasteiger partial charge in [0, 0.05) is 6.54 Å². The highest BCUT2D eigenvalue weighted by atomic mass is 32.1. The summed E-state index contributed by atoms with van der Waals surface area (Å²) in [7, 11) is 2.05. The first kappa shape index (κ1) is 21.0. The van der Waals surface area contributed by atoms with Gasteiger partial charge in [-0.3, -0.25) is 0 Å². The van der Waals surface area contributed by atoms with E-state index >= 15 is 0 Å². The van der Waals surface area contributed by atoms with Gasteiger partial charge < -0.3 is 21.6 Å². The summed E-state index contributed by atoms with van der Waals surface area (Å²) >= 11 is 18.0. The molecule has 1 rings (SSSR count). The normalized spacial score (nSPS) is 10.4. The molecule has 0 aliphatic rings. The first-order valence-corrected chi connectivity index (χ1v) is 6.73. The van der Waals surface area contributed by atoms with E-state index in [0.717, 1.165) is 5.56 Å². The molecule has 106 valence electrons. The topological polar surface area (TPSA) is 87.1 Å². The molecule has 1 atom stereocenters. The van der Waals surface area contributed by atoms with E-state index in [9.17, 15) is 0 Å². The standard InChI is InChI=1S/C10H13BN2S4.2H2O/c11-7-3-1-2-6(4-7)8(13-10(16)17)5-12-9(14)15;;/h1-4,8H,5,11H2,(H2,12,14,15)(H2,13,16,17);2*1H2. The van der Waals surface area contributed by atoms with E-state index in [-0.39, 0.29) is 17.0 Å². The van der Waals surface area contributed by atoms with E-state index < -0.39 is 0 Å². The van der Waals surface area contributed by atoms with Crippen LogP contribution in [0.3, 0.4) is 0 Å². The second-order valence-corrected chi connectivity index (χ2v) is 5.92. The van der Waals surface area contributed by atoms with Crippen LogP contribution >= 0.6 is 49.7 Å². The molecule has 0 amide bonds. The van der Waals surface area contributed by atoms with Crippen molar-refractivity contribution in [1.29, 1.82) is 0 Å². The molecule has 0 bridgehead atoms. The van der Waals surface area contributed by atoms with Crippen molar-refractivity contribution in [1.82, 2.24) is 10.6 Å². The van der Waals surface area contributed by atoms with Gasteiger partial charge in [-0.15, -0.1) is 25.3 Å². The molecule has 1 aromatic rings. The molecule has 0 fully saturated rings. The predicted octanol–water partition coefficient (Wildman–Crippen LogP) is -1.05. The Kier molecular flexibility index (Phi) is 11.6. The van der Waals surface area contributed by atoms with Crippen molar-refractivity contribution >= 4 is 71.6 Å². The number of hydrogen-bond acceptors (Lipinski definition) is 2. The molecule has 1 aromatic carbocycles. The van der Waals surface area contributed by atoms with Crippen LogP contribution in [0, 0.1) is 0 Å². The van der Waals surface area contributed by atoms with Gasteiger partial charge in [-0.1, -0.05) is 54.2 Å². The highest BCUT2D eigenvalue weighted by molar-refractivity contribution is 8.11. The molecule has 6 N–H and O–H groups in total. The van der Waals surface area contributed by atoms with Crippen LogP contribution in [0.4, 0.5) is 0 Å². The average molecular weight is 336 g/mol. The molecule has 0 aromatic heterocycles. The minimum atomic E-state index is 0. The van der Waals surface area contributed by atoms with Crippen molar-refractivity contribution < 1.29 is 11.0 Å². The Balaban J connectivity index is 0. The molecule has 0 radical (unpaired) electrons. The first-order valence-electron chi connectivity index (χ1n) is 5.02. The van der Waals surface area contributed by atoms with Crippen LogP contribution in [0.15, 0.2) is 24.3 Å². The molecule has 19 heavy (non-hydrogen) atoms. The molecule has 0 saturated heterocycles. The van der Waals surface area contributed by atoms with E-state index in [1.807, 2.05) is 12.1 Å². The number of thiocarbonyl (C=S) groups is 2. The fourth-order valence-corrected chi connectivity index (χ4v) is 1.95. The summed E-state index contributed by atoms with van der Waals surface area (Å²) in [6.07, 6.45) is 0. The van der Waals surface area contributed by atoms with Gasteiger partial charge >= 0.3 is 0 Å². The molecule has 9 heteroatoms. The summed E-state index contributed by atoms with van der Waals surface area (Å²) in [5.74, 6) is 0. The Morgan fingerprint density at radius 1 is 1.21 bits per heavy atom. The molecule has 0 aliphatic carbocycles. The van der Waals surface area contributed by atoms with E-state index in [4.69, 9.17) is 24.4 Å². The third-order valence-corrected chi connectivity index (χ3v) is 2.75. The van der Waals surface area contributed by atoms with Crippen molar-refractivity contribution in [3.63, 3.8) is 0 Å². The second kappa shape index (κ2) is 10.5. The maximum atomic E-state index is 4.96. The minimum absolute atomic E-state index is 0. The van der Waals surface area contributed by atoms with Gasteiger partial charge in [-0.05, 0) is 5.56 Å². The monoisotopic (exact) mass is 336 g/mol. The number of nitrogens with one attached hydrogen (secondary N) is 2. The fourth-order valence-electron chi connectivity index (χ4n) is 1.48. The summed E-state index contributed by atoms with van der Waals surface area (Å²) in [6.45, 7) is 0.618. The fraction of sp³-hybridized carbons (Fsp3) is 0.200. The van der Waals surface area contributed by atoms with Crippen LogP contribution in [0.25, 0.3) is 0 Å². The lowest BCUT2D eigenvalue weighted by Crippen LogP contribution is -2.34. The Morgan fingerprint density at radius 2 is 1.84 bits per heavy atom. The number of benzene rings is 1. The third kappa shape index (κ3) is 8.45. The lowest BCUT2D eigenvalue weighted by molar-refractivity contribution is 0.638. The van der Waals surface area contributed by atoms with Gasteiger partial charge in [0.15, 0.2) is 0 Å². The quantitative estimate of drug-likeness (QED) is 0.321. The maximum absolute atomic E-state index is 4.96. The highest BCUT2D eigenvalue weighted by Gasteiger charge is 2.11. The summed E-state index contributed by atoms with van der Waals surface area (Å²) < 4.78 is 0.929. The highest BCUT2D eigenvalue weighted by Crippen LogP contribution is 2.11. The zero-order chi connectivity index (χ0) is 12.8. The van der Waals surface area contributed by atoms with Gasteiger partial charge in [0.05, 0.1) is 6.04 Å². The first-order chi connectivity index (χ1) is 7.99. The molecule has 1 unspecified atom stereocenters. The molecule has 0 spiro atoms. The number of rotatable bonds is 4. The summed E-state index contributed by atoms with van der Waals surface area (Å²) in [5.41, 5.74) is 2.34. The van der Waals surface area contributed by atoms with Crippen molar-refractivity contribution in [3.8, 4) is 0 Å². The summed E-state index contributed by atoms with van der Waals surface area (Å²) in [5, 5.41) is 6.13. The van der Waals surface area contributed by atoms with Crippen LogP contribution in [-0.4, -0.2) is 34.0 Å². The van der Waals surface area contributed by atoms with E-state index in [1.165, 1.54) is 5.46 Å². The van der Waals surface area contributed by atoms with Gasteiger partial charge in [0.25, 0.3) is 0 Å². The van der Waals surface area contributed by atoms with E-state index in [2.05, 4.69) is 55.9 Å². The molecular weight excluding hydrogens is 319 g/mol. The summed E-state index contributed by atoms with van der Waals surface area (Å²) in [4.78, 5) is 0. The molecule has 0 saturated carbocycles. The molecule has 4 nitrogen and oxygen atoms in total.